The lowest BCUT2D eigenvalue weighted by atomic mass is 10.1. The highest BCUT2D eigenvalue weighted by molar-refractivity contribution is 6.21. The Bertz CT molecular complexity index is 973. The molecule has 1 fully saturated rings. The predicted molar refractivity (Wildman–Crippen MR) is 110 cm³/mol. The van der Waals surface area contributed by atoms with Crippen LogP contribution in [0.1, 0.15) is 50.5 Å². The number of carbonyl (C=O) groups is 3. The first-order valence-electron chi connectivity index (χ1n) is 9.96. The summed E-state index contributed by atoms with van der Waals surface area (Å²) in [6.45, 7) is 4.95. The summed E-state index contributed by atoms with van der Waals surface area (Å²) in [7, 11) is 1.51. The summed E-state index contributed by atoms with van der Waals surface area (Å²) in [5, 5.41) is 0. The molecule has 7 heteroatoms. The summed E-state index contributed by atoms with van der Waals surface area (Å²) >= 11 is 0. The van der Waals surface area contributed by atoms with Crippen LogP contribution in [0.25, 0.3) is 0 Å². The van der Waals surface area contributed by atoms with Gasteiger partial charge < -0.3 is 14.4 Å². The zero-order valence-corrected chi connectivity index (χ0v) is 17.3. The van der Waals surface area contributed by atoms with Gasteiger partial charge in [0.2, 0.25) is 0 Å². The highest BCUT2D eigenvalue weighted by atomic mass is 16.5. The number of ether oxygens (including phenoxy) is 2. The number of hydrogen-bond acceptors (Lipinski definition) is 5. The van der Waals surface area contributed by atoms with Crippen molar-refractivity contribution in [2.24, 2.45) is 0 Å². The molecule has 30 heavy (non-hydrogen) atoms. The van der Waals surface area contributed by atoms with Gasteiger partial charge in [-0.2, -0.15) is 0 Å². The predicted octanol–water partition coefficient (Wildman–Crippen LogP) is 2.74. The summed E-state index contributed by atoms with van der Waals surface area (Å²) in [6, 6.07) is 12.0. The lowest BCUT2D eigenvalue weighted by Gasteiger charge is -2.35. The fraction of sp³-hybridized carbons (Fsp3) is 0.348. The Hall–Kier alpha value is -3.19. The molecule has 0 aliphatic carbocycles. The molecule has 0 saturated carbocycles. The van der Waals surface area contributed by atoms with Gasteiger partial charge in [-0.3, -0.25) is 19.3 Å². The first-order chi connectivity index (χ1) is 14.4. The van der Waals surface area contributed by atoms with Gasteiger partial charge in [0.05, 0.1) is 42.6 Å². The van der Waals surface area contributed by atoms with E-state index in [1.807, 2.05) is 13.8 Å². The van der Waals surface area contributed by atoms with Crippen molar-refractivity contribution in [1.82, 2.24) is 9.80 Å². The van der Waals surface area contributed by atoms with Crippen LogP contribution < -0.4 is 4.74 Å². The smallest absolute Gasteiger partial charge is 0.261 e. The molecule has 2 atom stereocenters. The van der Waals surface area contributed by atoms with Gasteiger partial charge in [-0.15, -0.1) is 0 Å². The Morgan fingerprint density at radius 1 is 1.03 bits per heavy atom. The van der Waals surface area contributed by atoms with E-state index in [1.54, 1.807) is 47.4 Å². The fourth-order valence-corrected chi connectivity index (χ4v) is 4.10. The van der Waals surface area contributed by atoms with Crippen molar-refractivity contribution in [2.75, 3.05) is 20.2 Å². The van der Waals surface area contributed by atoms with E-state index in [0.29, 0.717) is 41.1 Å². The van der Waals surface area contributed by atoms with E-state index >= 15 is 0 Å². The molecule has 7 nitrogen and oxygen atoms in total. The molecule has 0 spiro atoms. The molecule has 156 valence electrons. The minimum atomic E-state index is -0.324. The topological polar surface area (TPSA) is 76.2 Å². The second kappa shape index (κ2) is 7.91. The van der Waals surface area contributed by atoms with Crippen LogP contribution in [-0.4, -0.2) is 59.9 Å². The Labute approximate surface area is 175 Å². The van der Waals surface area contributed by atoms with Crippen molar-refractivity contribution < 1.29 is 23.9 Å². The summed E-state index contributed by atoms with van der Waals surface area (Å²) in [6.07, 6.45) is -0.101. The average Bonchev–Trinajstić information content (AvgIpc) is 2.97. The number of amides is 3. The second-order valence-electron chi connectivity index (χ2n) is 7.74. The van der Waals surface area contributed by atoms with E-state index in [2.05, 4.69) is 0 Å². The lowest BCUT2D eigenvalue weighted by Crippen LogP contribution is -2.48. The maximum atomic E-state index is 13.2. The number of benzene rings is 2. The summed E-state index contributed by atoms with van der Waals surface area (Å²) < 4.78 is 11.1. The van der Waals surface area contributed by atoms with Crippen molar-refractivity contribution in [2.45, 2.75) is 32.6 Å². The monoisotopic (exact) mass is 408 g/mol. The van der Waals surface area contributed by atoms with Gasteiger partial charge in [0.1, 0.15) is 5.75 Å². The van der Waals surface area contributed by atoms with Crippen LogP contribution >= 0.6 is 0 Å². The van der Waals surface area contributed by atoms with Gasteiger partial charge in [-0.25, -0.2) is 0 Å². The zero-order chi connectivity index (χ0) is 21.4. The largest absolute Gasteiger partial charge is 0.496 e. The molecule has 0 N–H and O–H groups in total. The molecule has 2 heterocycles. The van der Waals surface area contributed by atoms with Crippen molar-refractivity contribution >= 4 is 17.7 Å². The Balaban J connectivity index is 1.60. The molecular formula is C23H24N2O5. The Morgan fingerprint density at radius 2 is 1.63 bits per heavy atom. The van der Waals surface area contributed by atoms with E-state index < -0.39 is 0 Å². The van der Waals surface area contributed by atoms with E-state index in [0.717, 1.165) is 0 Å². The third-order valence-corrected chi connectivity index (χ3v) is 5.42. The molecule has 2 aliphatic rings. The van der Waals surface area contributed by atoms with Gasteiger partial charge in [0.15, 0.2) is 0 Å². The van der Waals surface area contributed by atoms with Crippen LogP contribution in [0, 0.1) is 0 Å². The van der Waals surface area contributed by atoms with E-state index in [-0.39, 0.29) is 36.5 Å². The first-order valence-corrected chi connectivity index (χ1v) is 9.96. The second-order valence-corrected chi connectivity index (χ2v) is 7.74. The molecule has 2 aromatic rings. The zero-order valence-electron chi connectivity index (χ0n) is 17.3. The number of imide groups is 1. The van der Waals surface area contributed by atoms with E-state index in [4.69, 9.17) is 9.47 Å². The fourth-order valence-electron chi connectivity index (χ4n) is 4.10. The molecular weight excluding hydrogens is 384 g/mol. The number of hydrogen-bond donors (Lipinski definition) is 0. The molecule has 3 amide bonds. The van der Waals surface area contributed by atoms with Gasteiger partial charge in [-0.1, -0.05) is 18.2 Å². The van der Waals surface area contributed by atoms with Crippen LogP contribution in [0.15, 0.2) is 42.5 Å². The van der Waals surface area contributed by atoms with Crippen molar-refractivity contribution in [3.8, 4) is 5.75 Å². The van der Waals surface area contributed by atoms with Crippen molar-refractivity contribution in [1.29, 1.82) is 0 Å². The van der Waals surface area contributed by atoms with E-state index in [1.165, 1.54) is 12.0 Å². The molecule has 4 rings (SSSR count). The number of rotatable bonds is 4. The first kappa shape index (κ1) is 20.1. The lowest BCUT2D eigenvalue weighted by molar-refractivity contribution is -0.0586. The molecule has 1 saturated heterocycles. The van der Waals surface area contributed by atoms with Gasteiger partial charge in [0, 0.05) is 13.1 Å². The molecule has 2 unspecified atom stereocenters. The van der Waals surface area contributed by atoms with Crippen LogP contribution in [-0.2, 0) is 11.3 Å². The molecule has 2 aromatic carbocycles. The minimum absolute atomic E-state index is 0.0507. The number of nitrogens with zero attached hydrogens (tertiary/aromatic N) is 2. The highest BCUT2D eigenvalue weighted by Crippen LogP contribution is 2.27. The van der Waals surface area contributed by atoms with Crippen LogP contribution in [0.2, 0.25) is 0 Å². The normalized spacial score (nSPS) is 21.0. The molecule has 0 radical (unpaired) electrons. The number of methoxy groups -OCH3 is 1. The standard InChI is InChI=1S/C23H24N2O5/c1-14-11-24(12-15(2)30-14)21(26)19-10-16(8-9-20(19)29-3)13-25-22(27)17-6-4-5-7-18(17)23(25)28/h4-10,14-15H,11-13H2,1-3H3. The Kier molecular flexibility index (Phi) is 5.30. The number of fused-ring (bicyclic) bond motifs is 1. The average molecular weight is 408 g/mol. The molecule has 0 aromatic heterocycles. The van der Waals surface area contributed by atoms with Gasteiger partial charge >= 0.3 is 0 Å². The SMILES string of the molecule is COc1ccc(CN2C(=O)c3ccccc3C2=O)cc1C(=O)N1CC(C)OC(C)C1. The third-order valence-electron chi connectivity index (χ3n) is 5.42. The minimum Gasteiger partial charge on any atom is -0.496 e. The summed E-state index contributed by atoms with van der Waals surface area (Å²) in [5.41, 5.74) is 1.91. The van der Waals surface area contributed by atoms with Crippen LogP contribution in [0.4, 0.5) is 0 Å². The third kappa shape index (κ3) is 3.57. The van der Waals surface area contributed by atoms with Gasteiger partial charge in [0.25, 0.3) is 17.7 Å². The Morgan fingerprint density at radius 3 is 2.20 bits per heavy atom. The summed E-state index contributed by atoms with van der Waals surface area (Å²) in [4.78, 5) is 41.5. The summed E-state index contributed by atoms with van der Waals surface area (Å²) in [5.74, 6) is -0.346. The highest BCUT2D eigenvalue weighted by Gasteiger charge is 2.35. The van der Waals surface area contributed by atoms with E-state index in [9.17, 15) is 14.4 Å². The van der Waals surface area contributed by atoms with Crippen molar-refractivity contribution in [3.05, 3.63) is 64.7 Å². The van der Waals surface area contributed by atoms with Crippen molar-refractivity contribution in [3.63, 3.8) is 0 Å². The number of morpholine rings is 1. The number of carbonyl (C=O) groups excluding carboxylic acids is 3. The van der Waals surface area contributed by atoms with Gasteiger partial charge in [-0.05, 0) is 43.7 Å². The maximum Gasteiger partial charge on any atom is 0.261 e. The quantitative estimate of drug-likeness (QED) is 0.727. The maximum absolute atomic E-state index is 13.2. The van der Waals surface area contributed by atoms with Crippen LogP contribution in [0.3, 0.4) is 0 Å². The molecule has 2 aliphatic heterocycles. The van der Waals surface area contributed by atoms with Crippen LogP contribution in [0.5, 0.6) is 5.75 Å². The molecule has 0 bridgehead atoms.